The smallest absolute Gasteiger partial charge is 0.414 e. The molecule has 2 fully saturated rings. The molecule has 18 heavy (non-hydrogen) atoms. The number of cyclic esters (lactones) is 1. The minimum atomic E-state index is -0.241. The van der Waals surface area contributed by atoms with Crippen LogP contribution < -0.4 is 4.90 Å². The topological polar surface area (TPSA) is 41.9 Å². The van der Waals surface area contributed by atoms with E-state index < -0.39 is 0 Å². The number of hydrogen-bond donors (Lipinski definition) is 0. The summed E-state index contributed by atoms with van der Waals surface area (Å²) >= 11 is 0. The molecule has 4 rings (SSSR count). The van der Waals surface area contributed by atoms with Gasteiger partial charge >= 0.3 is 6.09 Å². The van der Waals surface area contributed by atoms with Crippen LogP contribution in [0.1, 0.15) is 12.0 Å². The van der Waals surface area contributed by atoms with Crippen LogP contribution in [0.3, 0.4) is 0 Å². The SMILES string of the molecule is O=C1OCCN1c1ccc(C23CN=CC2C3)cc1. The van der Waals surface area contributed by atoms with E-state index >= 15 is 0 Å². The number of benzene rings is 1. The molecular formula is C14H14N2O2. The maximum Gasteiger partial charge on any atom is 0.414 e. The molecule has 0 spiro atoms. The summed E-state index contributed by atoms with van der Waals surface area (Å²) in [4.78, 5) is 17.5. The van der Waals surface area contributed by atoms with Gasteiger partial charge in [-0.2, -0.15) is 0 Å². The standard InChI is InChI=1S/C14H14N2O2/c17-13-16(5-6-18-13)12-3-1-10(2-4-12)14-7-11(14)8-15-9-14/h1-4,8,11H,5-7,9H2. The third-order valence-corrected chi connectivity index (χ3v) is 4.31. The van der Waals surface area contributed by atoms with Crippen molar-refractivity contribution >= 4 is 18.0 Å². The Morgan fingerprint density at radius 1 is 1.33 bits per heavy atom. The molecule has 1 saturated carbocycles. The number of carbonyl (C=O) groups is 1. The first kappa shape index (κ1) is 10.1. The van der Waals surface area contributed by atoms with Crippen molar-refractivity contribution in [1.82, 2.24) is 0 Å². The van der Waals surface area contributed by atoms with Crippen LogP contribution in [-0.2, 0) is 10.2 Å². The minimum Gasteiger partial charge on any atom is -0.447 e. The highest BCUT2D eigenvalue weighted by molar-refractivity contribution is 5.89. The molecule has 1 saturated heterocycles. The van der Waals surface area contributed by atoms with E-state index in [-0.39, 0.29) is 11.5 Å². The average Bonchev–Trinajstić information content (AvgIpc) is 2.74. The normalized spacial score (nSPS) is 32.6. The zero-order valence-electron chi connectivity index (χ0n) is 10.0. The Hall–Kier alpha value is -1.84. The number of anilines is 1. The monoisotopic (exact) mass is 242 g/mol. The van der Waals surface area contributed by atoms with Gasteiger partial charge in [-0.1, -0.05) is 12.1 Å². The van der Waals surface area contributed by atoms with Crippen LogP contribution >= 0.6 is 0 Å². The molecule has 1 aromatic carbocycles. The largest absolute Gasteiger partial charge is 0.447 e. The van der Waals surface area contributed by atoms with Crippen molar-refractivity contribution in [3.63, 3.8) is 0 Å². The summed E-state index contributed by atoms with van der Waals surface area (Å²) in [6.07, 6.45) is 3.07. The van der Waals surface area contributed by atoms with Crippen LogP contribution in [0, 0.1) is 5.92 Å². The Bertz CT molecular complexity index is 537. The fraction of sp³-hybridized carbons (Fsp3) is 0.429. The van der Waals surface area contributed by atoms with E-state index in [0.29, 0.717) is 19.1 Å². The lowest BCUT2D eigenvalue weighted by molar-refractivity contribution is 0.181. The maximum atomic E-state index is 11.5. The van der Waals surface area contributed by atoms with Crippen molar-refractivity contribution in [1.29, 1.82) is 0 Å². The lowest BCUT2D eigenvalue weighted by Gasteiger charge is -2.15. The van der Waals surface area contributed by atoms with E-state index in [4.69, 9.17) is 4.74 Å². The zero-order valence-corrected chi connectivity index (χ0v) is 10.0. The van der Waals surface area contributed by atoms with Gasteiger partial charge in [0, 0.05) is 29.8 Å². The lowest BCUT2D eigenvalue weighted by atomic mass is 9.94. The van der Waals surface area contributed by atoms with Crippen molar-refractivity contribution in [2.75, 3.05) is 24.6 Å². The van der Waals surface area contributed by atoms with Crippen LogP contribution in [0.15, 0.2) is 29.3 Å². The van der Waals surface area contributed by atoms with Crippen LogP contribution in [0.25, 0.3) is 0 Å². The summed E-state index contributed by atoms with van der Waals surface area (Å²) in [6, 6.07) is 8.31. The second-order valence-electron chi connectivity index (χ2n) is 5.27. The number of fused-ring (bicyclic) bond motifs is 1. The summed E-state index contributed by atoms with van der Waals surface area (Å²) in [5.74, 6) is 0.639. The van der Waals surface area contributed by atoms with Crippen LogP contribution in [0.5, 0.6) is 0 Å². The zero-order chi connectivity index (χ0) is 12.2. The molecule has 0 N–H and O–H groups in total. The molecule has 0 bridgehead atoms. The molecule has 1 amide bonds. The predicted octanol–water partition coefficient (Wildman–Crippen LogP) is 1.99. The molecule has 2 unspecified atom stereocenters. The molecule has 1 aromatic rings. The Labute approximate surface area is 105 Å². The van der Waals surface area contributed by atoms with E-state index in [1.165, 1.54) is 12.0 Å². The molecule has 2 aliphatic heterocycles. The van der Waals surface area contributed by atoms with Crippen LogP contribution in [-0.4, -0.2) is 32.0 Å². The van der Waals surface area contributed by atoms with Gasteiger partial charge in [-0.3, -0.25) is 9.89 Å². The van der Waals surface area contributed by atoms with E-state index in [2.05, 4.69) is 23.3 Å². The van der Waals surface area contributed by atoms with Gasteiger partial charge in [0.1, 0.15) is 6.61 Å². The summed E-state index contributed by atoms with van der Waals surface area (Å²) < 4.78 is 4.94. The van der Waals surface area contributed by atoms with Crippen LogP contribution in [0.4, 0.5) is 10.5 Å². The van der Waals surface area contributed by atoms with Crippen molar-refractivity contribution in [3.8, 4) is 0 Å². The van der Waals surface area contributed by atoms with Gasteiger partial charge in [-0.15, -0.1) is 0 Å². The third kappa shape index (κ3) is 1.26. The molecular weight excluding hydrogens is 228 g/mol. The Morgan fingerprint density at radius 2 is 2.17 bits per heavy atom. The number of rotatable bonds is 2. The van der Waals surface area contributed by atoms with Crippen molar-refractivity contribution in [3.05, 3.63) is 29.8 Å². The van der Waals surface area contributed by atoms with Gasteiger partial charge in [-0.25, -0.2) is 4.79 Å². The Morgan fingerprint density at radius 3 is 2.72 bits per heavy atom. The first-order valence-electron chi connectivity index (χ1n) is 6.34. The number of hydrogen-bond acceptors (Lipinski definition) is 3. The number of nitrogens with zero attached hydrogens (tertiary/aromatic N) is 2. The average molecular weight is 242 g/mol. The van der Waals surface area contributed by atoms with E-state index in [1.807, 2.05) is 12.1 Å². The quantitative estimate of drug-likeness (QED) is 0.795. The second-order valence-corrected chi connectivity index (χ2v) is 5.27. The van der Waals surface area contributed by atoms with E-state index in [0.717, 1.165) is 12.2 Å². The highest BCUT2D eigenvalue weighted by Crippen LogP contribution is 2.56. The van der Waals surface area contributed by atoms with E-state index in [9.17, 15) is 4.79 Å². The fourth-order valence-corrected chi connectivity index (χ4v) is 3.08. The van der Waals surface area contributed by atoms with Crippen molar-refractivity contribution < 1.29 is 9.53 Å². The second kappa shape index (κ2) is 3.34. The number of ether oxygens (including phenoxy) is 1. The number of carbonyl (C=O) groups excluding carboxylic acids is 1. The molecule has 0 aromatic heterocycles. The van der Waals surface area contributed by atoms with Gasteiger partial charge in [0.2, 0.25) is 0 Å². The van der Waals surface area contributed by atoms with Gasteiger partial charge in [0.15, 0.2) is 0 Å². The van der Waals surface area contributed by atoms with Gasteiger partial charge in [0.05, 0.1) is 6.54 Å². The molecule has 92 valence electrons. The molecule has 4 nitrogen and oxygen atoms in total. The van der Waals surface area contributed by atoms with Crippen LogP contribution in [0.2, 0.25) is 0 Å². The minimum absolute atomic E-state index is 0.241. The van der Waals surface area contributed by atoms with E-state index in [1.54, 1.807) is 4.90 Å². The molecule has 2 atom stereocenters. The Kier molecular flexibility index (Phi) is 1.88. The first-order valence-corrected chi connectivity index (χ1v) is 6.34. The fourth-order valence-electron chi connectivity index (χ4n) is 3.08. The number of amides is 1. The molecule has 4 heteroatoms. The summed E-state index contributed by atoms with van der Waals surface area (Å²) in [5.41, 5.74) is 2.56. The highest BCUT2D eigenvalue weighted by Gasteiger charge is 2.56. The maximum absolute atomic E-state index is 11.5. The van der Waals surface area contributed by atoms with Crippen molar-refractivity contribution in [2.45, 2.75) is 11.8 Å². The highest BCUT2D eigenvalue weighted by atomic mass is 16.6. The number of aliphatic imine (C=N–C) groups is 1. The summed E-state index contributed by atoms with van der Waals surface area (Å²) in [5, 5.41) is 0. The molecule has 2 heterocycles. The van der Waals surface area contributed by atoms with Gasteiger partial charge in [0.25, 0.3) is 0 Å². The summed E-state index contributed by atoms with van der Waals surface area (Å²) in [7, 11) is 0. The Balaban J connectivity index is 1.61. The van der Waals surface area contributed by atoms with Gasteiger partial charge < -0.3 is 4.74 Å². The lowest BCUT2D eigenvalue weighted by Crippen LogP contribution is -2.23. The summed E-state index contributed by atoms with van der Waals surface area (Å²) in [6.45, 7) is 2.05. The van der Waals surface area contributed by atoms with Crippen molar-refractivity contribution in [2.24, 2.45) is 10.9 Å². The molecule has 3 aliphatic rings. The molecule has 1 aliphatic carbocycles. The molecule has 0 radical (unpaired) electrons. The third-order valence-electron chi connectivity index (χ3n) is 4.31. The van der Waals surface area contributed by atoms with Gasteiger partial charge in [-0.05, 0) is 24.1 Å². The first-order chi connectivity index (χ1) is 8.79. The predicted molar refractivity (Wildman–Crippen MR) is 68.3 cm³/mol.